The summed E-state index contributed by atoms with van der Waals surface area (Å²) in [5.41, 5.74) is 6.88. The Balaban J connectivity index is 1.79. The van der Waals surface area contributed by atoms with Gasteiger partial charge in [-0.2, -0.15) is 0 Å². The maximum Gasteiger partial charge on any atom is 0.119 e. The highest BCUT2D eigenvalue weighted by Crippen LogP contribution is 2.20. The van der Waals surface area contributed by atoms with Crippen molar-refractivity contribution >= 4 is 0 Å². The first kappa shape index (κ1) is 15.3. The molecule has 1 aromatic carbocycles. The second kappa shape index (κ2) is 7.65. The van der Waals surface area contributed by atoms with Gasteiger partial charge < -0.3 is 15.4 Å². The Kier molecular flexibility index (Phi) is 5.86. The van der Waals surface area contributed by atoms with Crippen LogP contribution in [0.3, 0.4) is 0 Å². The average molecular weight is 276 g/mol. The maximum absolute atomic E-state index is 6.09. The molecule has 112 valence electrons. The SMILES string of the molecule is CC(C)N1CCC(Oc2ccc(CCCN)cc2)CC1. The number of likely N-dealkylation sites (tertiary alicyclic amines) is 1. The van der Waals surface area contributed by atoms with E-state index in [2.05, 4.69) is 43.0 Å². The number of hydrogen-bond donors (Lipinski definition) is 1. The van der Waals surface area contributed by atoms with Gasteiger partial charge in [-0.1, -0.05) is 12.1 Å². The summed E-state index contributed by atoms with van der Waals surface area (Å²) in [5, 5.41) is 0. The minimum absolute atomic E-state index is 0.375. The van der Waals surface area contributed by atoms with Crippen LogP contribution >= 0.6 is 0 Å². The zero-order valence-electron chi connectivity index (χ0n) is 12.8. The minimum Gasteiger partial charge on any atom is -0.490 e. The van der Waals surface area contributed by atoms with Gasteiger partial charge in [0.25, 0.3) is 0 Å². The van der Waals surface area contributed by atoms with Crippen molar-refractivity contribution in [3.63, 3.8) is 0 Å². The van der Waals surface area contributed by atoms with Crippen molar-refractivity contribution in [3.05, 3.63) is 29.8 Å². The first-order valence-electron chi connectivity index (χ1n) is 7.88. The van der Waals surface area contributed by atoms with E-state index in [1.807, 2.05) is 0 Å². The number of piperidine rings is 1. The highest BCUT2D eigenvalue weighted by atomic mass is 16.5. The molecule has 1 aliphatic heterocycles. The Hall–Kier alpha value is -1.06. The molecule has 1 saturated heterocycles. The molecule has 20 heavy (non-hydrogen) atoms. The van der Waals surface area contributed by atoms with Crippen LogP contribution in [-0.4, -0.2) is 36.7 Å². The molecular weight excluding hydrogens is 248 g/mol. The van der Waals surface area contributed by atoms with Gasteiger partial charge in [0.15, 0.2) is 0 Å². The molecule has 0 aliphatic carbocycles. The number of rotatable bonds is 6. The quantitative estimate of drug-likeness (QED) is 0.868. The van der Waals surface area contributed by atoms with Gasteiger partial charge in [-0.05, 0) is 63.8 Å². The molecule has 0 bridgehead atoms. The zero-order chi connectivity index (χ0) is 14.4. The van der Waals surface area contributed by atoms with Gasteiger partial charge >= 0.3 is 0 Å². The standard InChI is InChI=1S/C17H28N2O/c1-14(2)19-12-9-17(10-13-19)20-16-7-5-15(6-8-16)4-3-11-18/h5-8,14,17H,3-4,9-13,18H2,1-2H3. The molecule has 0 aromatic heterocycles. The molecule has 2 rings (SSSR count). The van der Waals surface area contributed by atoms with Gasteiger partial charge in [-0.3, -0.25) is 0 Å². The van der Waals surface area contributed by atoms with Crippen molar-refractivity contribution < 1.29 is 4.74 Å². The Morgan fingerprint density at radius 1 is 1.20 bits per heavy atom. The molecule has 0 saturated carbocycles. The third kappa shape index (κ3) is 4.50. The lowest BCUT2D eigenvalue weighted by Crippen LogP contribution is -2.41. The van der Waals surface area contributed by atoms with E-state index in [1.165, 1.54) is 5.56 Å². The second-order valence-corrected chi connectivity index (χ2v) is 5.98. The highest BCUT2D eigenvalue weighted by molar-refractivity contribution is 5.27. The molecule has 3 heteroatoms. The zero-order valence-corrected chi connectivity index (χ0v) is 12.8. The highest BCUT2D eigenvalue weighted by Gasteiger charge is 2.21. The summed E-state index contributed by atoms with van der Waals surface area (Å²) in [6.45, 7) is 7.59. The fourth-order valence-corrected chi connectivity index (χ4v) is 2.74. The minimum atomic E-state index is 0.375. The second-order valence-electron chi connectivity index (χ2n) is 5.98. The fraction of sp³-hybridized carbons (Fsp3) is 0.647. The summed E-state index contributed by atoms with van der Waals surface area (Å²) < 4.78 is 6.09. The Bertz CT molecular complexity index is 380. The molecule has 0 atom stereocenters. The normalized spacial score (nSPS) is 17.6. The molecule has 1 aromatic rings. The van der Waals surface area contributed by atoms with Crippen molar-refractivity contribution in [3.8, 4) is 5.75 Å². The molecule has 0 radical (unpaired) electrons. The van der Waals surface area contributed by atoms with E-state index in [-0.39, 0.29) is 0 Å². The monoisotopic (exact) mass is 276 g/mol. The van der Waals surface area contributed by atoms with Crippen LogP contribution in [-0.2, 0) is 6.42 Å². The number of hydrogen-bond acceptors (Lipinski definition) is 3. The summed E-state index contributed by atoms with van der Waals surface area (Å²) in [7, 11) is 0. The summed E-state index contributed by atoms with van der Waals surface area (Å²) >= 11 is 0. The smallest absolute Gasteiger partial charge is 0.119 e. The molecule has 1 heterocycles. The lowest BCUT2D eigenvalue weighted by Gasteiger charge is -2.34. The van der Waals surface area contributed by atoms with Crippen LogP contribution in [0.1, 0.15) is 38.7 Å². The largest absolute Gasteiger partial charge is 0.490 e. The molecule has 2 N–H and O–H groups in total. The molecule has 0 spiro atoms. The predicted octanol–water partition coefficient (Wildman–Crippen LogP) is 2.83. The van der Waals surface area contributed by atoms with Crippen LogP contribution in [0.5, 0.6) is 5.75 Å². The van der Waals surface area contributed by atoms with Gasteiger partial charge in [0, 0.05) is 19.1 Å². The number of ether oxygens (including phenoxy) is 1. The Labute approximate surface area is 123 Å². The predicted molar refractivity (Wildman–Crippen MR) is 84.2 cm³/mol. The summed E-state index contributed by atoms with van der Waals surface area (Å²) in [4.78, 5) is 2.52. The molecule has 0 amide bonds. The van der Waals surface area contributed by atoms with Gasteiger partial charge in [-0.25, -0.2) is 0 Å². The van der Waals surface area contributed by atoms with E-state index in [0.717, 1.165) is 51.1 Å². The number of nitrogens with two attached hydrogens (primary N) is 1. The van der Waals surface area contributed by atoms with Gasteiger partial charge in [0.1, 0.15) is 11.9 Å². The van der Waals surface area contributed by atoms with E-state index in [1.54, 1.807) is 0 Å². The molecule has 3 nitrogen and oxygen atoms in total. The van der Waals surface area contributed by atoms with Crippen molar-refractivity contribution in [2.45, 2.75) is 51.7 Å². The van der Waals surface area contributed by atoms with E-state index in [0.29, 0.717) is 12.1 Å². The van der Waals surface area contributed by atoms with Crippen molar-refractivity contribution in [1.82, 2.24) is 4.90 Å². The van der Waals surface area contributed by atoms with Crippen molar-refractivity contribution in [2.75, 3.05) is 19.6 Å². The summed E-state index contributed by atoms with van der Waals surface area (Å²) in [5.74, 6) is 1.00. The third-order valence-corrected chi connectivity index (χ3v) is 4.10. The molecule has 1 fully saturated rings. The molecule has 1 aliphatic rings. The van der Waals surface area contributed by atoms with Gasteiger partial charge in [-0.15, -0.1) is 0 Å². The molecule has 0 unspecified atom stereocenters. The van der Waals surface area contributed by atoms with E-state index < -0.39 is 0 Å². The first-order valence-corrected chi connectivity index (χ1v) is 7.88. The van der Waals surface area contributed by atoms with Crippen LogP contribution in [0.4, 0.5) is 0 Å². The van der Waals surface area contributed by atoms with Crippen LogP contribution in [0.25, 0.3) is 0 Å². The van der Waals surface area contributed by atoms with Crippen LogP contribution in [0, 0.1) is 0 Å². The lowest BCUT2D eigenvalue weighted by atomic mass is 10.1. The van der Waals surface area contributed by atoms with Gasteiger partial charge in [0.2, 0.25) is 0 Å². The maximum atomic E-state index is 6.09. The fourth-order valence-electron chi connectivity index (χ4n) is 2.74. The van der Waals surface area contributed by atoms with Crippen molar-refractivity contribution in [1.29, 1.82) is 0 Å². The van der Waals surface area contributed by atoms with Gasteiger partial charge in [0.05, 0.1) is 0 Å². The van der Waals surface area contributed by atoms with E-state index >= 15 is 0 Å². The summed E-state index contributed by atoms with van der Waals surface area (Å²) in [6, 6.07) is 9.17. The lowest BCUT2D eigenvalue weighted by molar-refractivity contribution is 0.0843. The first-order chi connectivity index (χ1) is 9.69. The van der Waals surface area contributed by atoms with Crippen LogP contribution in [0.15, 0.2) is 24.3 Å². The number of aryl methyl sites for hydroxylation is 1. The van der Waals surface area contributed by atoms with E-state index in [9.17, 15) is 0 Å². The number of benzene rings is 1. The summed E-state index contributed by atoms with van der Waals surface area (Å²) in [6.07, 6.45) is 4.75. The third-order valence-electron chi connectivity index (χ3n) is 4.10. The number of nitrogens with zero attached hydrogens (tertiary/aromatic N) is 1. The average Bonchev–Trinajstić information content (AvgIpc) is 2.47. The van der Waals surface area contributed by atoms with E-state index in [4.69, 9.17) is 10.5 Å². The topological polar surface area (TPSA) is 38.5 Å². The van der Waals surface area contributed by atoms with Crippen LogP contribution in [0.2, 0.25) is 0 Å². The Morgan fingerprint density at radius 3 is 2.40 bits per heavy atom. The van der Waals surface area contributed by atoms with Crippen molar-refractivity contribution in [2.24, 2.45) is 5.73 Å². The molecular formula is C17H28N2O. The van der Waals surface area contributed by atoms with Crippen LogP contribution < -0.4 is 10.5 Å². The Morgan fingerprint density at radius 2 is 1.85 bits per heavy atom.